The molecule has 0 aromatic heterocycles. The van der Waals surface area contributed by atoms with Gasteiger partial charge in [0.1, 0.15) is 17.6 Å². The van der Waals surface area contributed by atoms with Crippen LogP contribution in [0.5, 0.6) is 0 Å². The third-order valence-electron chi connectivity index (χ3n) is 5.44. The Labute approximate surface area is 135 Å². The third kappa shape index (κ3) is 2.28. The van der Waals surface area contributed by atoms with Crippen molar-refractivity contribution in [3.8, 4) is 0 Å². The molecule has 1 saturated carbocycles. The molecule has 3 rings (SSSR count). The van der Waals surface area contributed by atoms with Gasteiger partial charge in [0.05, 0.1) is 5.92 Å². The molecule has 0 bridgehead atoms. The van der Waals surface area contributed by atoms with Gasteiger partial charge in [0.15, 0.2) is 0 Å². The minimum Gasteiger partial charge on any atom is -0.458 e. The molecule has 1 saturated heterocycles. The van der Waals surface area contributed by atoms with Crippen LogP contribution in [-0.4, -0.2) is 29.5 Å². The Hall–Kier alpha value is -1.29. The zero-order valence-electron chi connectivity index (χ0n) is 13.0. The van der Waals surface area contributed by atoms with Crippen molar-refractivity contribution in [2.75, 3.05) is 5.88 Å². The Kier molecular flexibility index (Phi) is 3.84. The fraction of sp³-hybridized carbons (Fsp3) is 0.647. The standard InChI is InChI=1S/C17H21ClO4/c1-9-4-5-12-10(2)16(20)21-15(12)14-11(9)6-7-17(14,3)22-13(19)8-18/h12,14-15H,2,4-8H2,1,3H3/t12-,14-,15-,17+/m0/s1. The second-order valence-electron chi connectivity index (χ2n) is 6.74. The third-order valence-corrected chi connectivity index (χ3v) is 5.65. The molecule has 1 heterocycles. The van der Waals surface area contributed by atoms with E-state index < -0.39 is 11.6 Å². The van der Waals surface area contributed by atoms with Crippen molar-refractivity contribution in [2.24, 2.45) is 11.8 Å². The molecule has 2 fully saturated rings. The molecule has 22 heavy (non-hydrogen) atoms. The number of allylic oxidation sites excluding steroid dienone is 1. The lowest BCUT2D eigenvalue weighted by atomic mass is 9.79. The molecule has 0 aromatic rings. The number of alkyl halides is 1. The minimum absolute atomic E-state index is 0.0112. The SMILES string of the molecule is C=C1C(=O)O[C@H]2[C@H]1CCC(C)=C1CC[C@@](C)(OC(=O)CCl)[C@@H]12. The number of carbonyl (C=O) groups excluding carboxylic acids is 2. The molecule has 0 aromatic carbocycles. The van der Waals surface area contributed by atoms with Gasteiger partial charge >= 0.3 is 11.9 Å². The Morgan fingerprint density at radius 1 is 1.50 bits per heavy atom. The molecule has 2 aliphatic carbocycles. The summed E-state index contributed by atoms with van der Waals surface area (Å²) in [7, 11) is 0. The maximum Gasteiger partial charge on any atom is 0.334 e. The molecule has 0 unspecified atom stereocenters. The van der Waals surface area contributed by atoms with Crippen LogP contribution in [-0.2, 0) is 19.1 Å². The molecular weight excluding hydrogens is 304 g/mol. The summed E-state index contributed by atoms with van der Waals surface area (Å²) in [6.07, 6.45) is 3.13. The van der Waals surface area contributed by atoms with Crippen LogP contribution in [0, 0.1) is 11.8 Å². The first-order valence-corrected chi connectivity index (χ1v) is 8.27. The monoisotopic (exact) mass is 324 g/mol. The second-order valence-corrected chi connectivity index (χ2v) is 7.01. The molecule has 0 spiro atoms. The summed E-state index contributed by atoms with van der Waals surface area (Å²) in [6.45, 7) is 7.96. The highest BCUT2D eigenvalue weighted by atomic mass is 35.5. The summed E-state index contributed by atoms with van der Waals surface area (Å²) in [4.78, 5) is 23.7. The number of halogens is 1. The lowest BCUT2D eigenvalue weighted by Crippen LogP contribution is -2.44. The van der Waals surface area contributed by atoms with Gasteiger partial charge in [-0.3, -0.25) is 4.79 Å². The van der Waals surface area contributed by atoms with Gasteiger partial charge < -0.3 is 9.47 Å². The van der Waals surface area contributed by atoms with E-state index in [1.165, 1.54) is 11.1 Å². The molecule has 120 valence electrons. The number of carbonyl (C=O) groups is 2. The van der Waals surface area contributed by atoms with Crippen LogP contribution in [0.1, 0.15) is 39.5 Å². The summed E-state index contributed by atoms with van der Waals surface area (Å²) in [5, 5.41) is 0. The summed E-state index contributed by atoms with van der Waals surface area (Å²) < 4.78 is 11.3. The molecule has 4 atom stereocenters. The zero-order valence-corrected chi connectivity index (χ0v) is 13.7. The molecule has 5 heteroatoms. The van der Waals surface area contributed by atoms with Crippen molar-refractivity contribution < 1.29 is 19.1 Å². The van der Waals surface area contributed by atoms with Crippen LogP contribution in [0.2, 0.25) is 0 Å². The zero-order chi connectivity index (χ0) is 16.1. The predicted molar refractivity (Wildman–Crippen MR) is 82.4 cm³/mol. The first-order chi connectivity index (χ1) is 10.4. The predicted octanol–water partition coefficient (Wildman–Crippen LogP) is 3.15. The number of hydrogen-bond acceptors (Lipinski definition) is 4. The largest absolute Gasteiger partial charge is 0.458 e. The molecule has 1 aliphatic heterocycles. The maximum absolute atomic E-state index is 11.9. The maximum atomic E-state index is 11.9. The van der Waals surface area contributed by atoms with Gasteiger partial charge in [-0.25, -0.2) is 4.79 Å². The van der Waals surface area contributed by atoms with Gasteiger partial charge in [0.2, 0.25) is 0 Å². The van der Waals surface area contributed by atoms with Crippen LogP contribution in [0.4, 0.5) is 0 Å². The number of esters is 2. The summed E-state index contributed by atoms with van der Waals surface area (Å²) in [5.74, 6) is -0.979. The van der Waals surface area contributed by atoms with Crippen molar-refractivity contribution in [3.63, 3.8) is 0 Å². The van der Waals surface area contributed by atoms with Crippen molar-refractivity contribution in [3.05, 3.63) is 23.3 Å². The summed E-state index contributed by atoms with van der Waals surface area (Å²) in [6, 6.07) is 0. The highest BCUT2D eigenvalue weighted by Crippen LogP contribution is 2.53. The van der Waals surface area contributed by atoms with Crippen LogP contribution >= 0.6 is 11.6 Å². The normalized spacial score (nSPS) is 37.5. The van der Waals surface area contributed by atoms with E-state index in [0.717, 1.165) is 25.7 Å². The van der Waals surface area contributed by atoms with E-state index in [1.807, 2.05) is 6.92 Å². The van der Waals surface area contributed by atoms with E-state index in [2.05, 4.69) is 13.5 Å². The first kappa shape index (κ1) is 15.6. The van der Waals surface area contributed by atoms with Gasteiger partial charge in [0, 0.05) is 11.5 Å². The first-order valence-electron chi connectivity index (χ1n) is 7.73. The Bertz CT molecular complexity index is 579. The smallest absolute Gasteiger partial charge is 0.334 e. The highest BCUT2D eigenvalue weighted by molar-refractivity contribution is 6.26. The summed E-state index contributed by atoms with van der Waals surface area (Å²) >= 11 is 5.60. The van der Waals surface area contributed by atoms with E-state index in [-0.39, 0.29) is 29.8 Å². The van der Waals surface area contributed by atoms with Crippen molar-refractivity contribution in [2.45, 2.75) is 51.2 Å². The van der Waals surface area contributed by atoms with Crippen molar-refractivity contribution >= 4 is 23.5 Å². The van der Waals surface area contributed by atoms with Gasteiger partial charge in [-0.05, 0) is 39.5 Å². The Balaban J connectivity index is 2.00. The second kappa shape index (κ2) is 5.41. The topological polar surface area (TPSA) is 52.6 Å². The molecule has 4 nitrogen and oxygen atoms in total. The van der Waals surface area contributed by atoms with E-state index in [1.54, 1.807) is 0 Å². The average molecular weight is 325 g/mol. The van der Waals surface area contributed by atoms with Crippen molar-refractivity contribution in [1.82, 2.24) is 0 Å². The van der Waals surface area contributed by atoms with Crippen LogP contribution < -0.4 is 0 Å². The Morgan fingerprint density at radius 2 is 2.23 bits per heavy atom. The molecule has 0 radical (unpaired) electrons. The van der Waals surface area contributed by atoms with E-state index >= 15 is 0 Å². The average Bonchev–Trinajstić information content (AvgIpc) is 2.89. The molecular formula is C17H21ClO4. The van der Waals surface area contributed by atoms with E-state index in [0.29, 0.717) is 5.57 Å². The molecule has 3 aliphatic rings. The van der Waals surface area contributed by atoms with Crippen LogP contribution in [0.15, 0.2) is 23.3 Å². The van der Waals surface area contributed by atoms with E-state index in [4.69, 9.17) is 21.1 Å². The van der Waals surface area contributed by atoms with E-state index in [9.17, 15) is 9.59 Å². The lowest BCUT2D eigenvalue weighted by Gasteiger charge is -2.35. The van der Waals surface area contributed by atoms with Crippen molar-refractivity contribution in [1.29, 1.82) is 0 Å². The number of hydrogen-bond donors (Lipinski definition) is 0. The lowest BCUT2D eigenvalue weighted by molar-refractivity contribution is -0.164. The fourth-order valence-electron chi connectivity index (χ4n) is 4.29. The molecule has 0 N–H and O–H groups in total. The quantitative estimate of drug-likeness (QED) is 0.339. The van der Waals surface area contributed by atoms with Gasteiger partial charge in [-0.2, -0.15) is 0 Å². The summed E-state index contributed by atoms with van der Waals surface area (Å²) in [5.41, 5.74) is 2.49. The van der Waals surface area contributed by atoms with Gasteiger partial charge in [0.25, 0.3) is 0 Å². The van der Waals surface area contributed by atoms with Gasteiger partial charge in [-0.15, -0.1) is 11.6 Å². The number of ether oxygens (including phenoxy) is 2. The Morgan fingerprint density at radius 3 is 2.91 bits per heavy atom. The van der Waals surface area contributed by atoms with Crippen LogP contribution in [0.25, 0.3) is 0 Å². The highest BCUT2D eigenvalue weighted by Gasteiger charge is 2.56. The van der Waals surface area contributed by atoms with Crippen LogP contribution in [0.3, 0.4) is 0 Å². The number of fused-ring (bicyclic) bond motifs is 3. The minimum atomic E-state index is -0.666. The van der Waals surface area contributed by atoms with Gasteiger partial charge in [-0.1, -0.05) is 17.7 Å². The fourth-order valence-corrected chi connectivity index (χ4v) is 4.35. The number of rotatable bonds is 2. The molecule has 0 amide bonds.